The van der Waals surface area contributed by atoms with E-state index in [4.69, 9.17) is 14.2 Å². The topological polar surface area (TPSA) is 56.8 Å². The third-order valence-electron chi connectivity index (χ3n) is 3.51. The molecule has 0 amide bonds. The Bertz CT molecular complexity index is 655. The van der Waals surface area contributed by atoms with Crippen LogP contribution in [0.2, 0.25) is 0 Å². The molecule has 0 heterocycles. The van der Waals surface area contributed by atoms with E-state index in [-0.39, 0.29) is 5.78 Å². The van der Waals surface area contributed by atoms with Gasteiger partial charge in [0.1, 0.15) is 0 Å². The highest BCUT2D eigenvalue weighted by atomic mass is 16.5. The molecule has 2 aromatic rings. The molecule has 0 saturated heterocycles. The third-order valence-corrected chi connectivity index (χ3v) is 3.51. The van der Waals surface area contributed by atoms with Crippen molar-refractivity contribution < 1.29 is 19.0 Å². The van der Waals surface area contributed by atoms with Gasteiger partial charge in [0.05, 0.1) is 21.3 Å². The van der Waals surface area contributed by atoms with Gasteiger partial charge in [-0.3, -0.25) is 4.79 Å². The molecule has 0 aliphatic rings. The molecule has 5 nitrogen and oxygen atoms in total. The van der Waals surface area contributed by atoms with Gasteiger partial charge in [0.25, 0.3) is 0 Å². The van der Waals surface area contributed by atoms with Gasteiger partial charge in [-0.2, -0.15) is 0 Å². The van der Waals surface area contributed by atoms with Gasteiger partial charge >= 0.3 is 0 Å². The number of ether oxygens (including phenoxy) is 3. The Balaban J connectivity index is 2.15. The molecule has 0 radical (unpaired) electrons. The van der Waals surface area contributed by atoms with Crippen molar-refractivity contribution in [2.45, 2.75) is 13.5 Å². The molecular formula is C18H21NO4. The average Bonchev–Trinajstić information content (AvgIpc) is 2.59. The average molecular weight is 315 g/mol. The second-order valence-electron chi connectivity index (χ2n) is 5.02. The standard InChI is InChI=1S/C18H21NO4/c1-12(20)14-5-7-15(8-6-14)19-11-13-9-16(21-2)18(23-4)17(10-13)22-3/h5-10,19H,11H2,1-4H3. The van der Waals surface area contributed by atoms with Crippen molar-refractivity contribution in [3.8, 4) is 17.2 Å². The number of hydrogen-bond acceptors (Lipinski definition) is 5. The first kappa shape index (κ1) is 16.7. The molecule has 0 aromatic heterocycles. The number of Topliss-reactive ketones (excluding diaryl/α,β-unsaturated/α-hetero) is 1. The van der Waals surface area contributed by atoms with Crippen LogP contribution in [0.3, 0.4) is 0 Å². The van der Waals surface area contributed by atoms with Crippen molar-refractivity contribution in [3.63, 3.8) is 0 Å². The Hall–Kier alpha value is -2.69. The van der Waals surface area contributed by atoms with Gasteiger partial charge < -0.3 is 19.5 Å². The number of nitrogens with one attached hydrogen (secondary N) is 1. The van der Waals surface area contributed by atoms with Crippen LogP contribution in [-0.2, 0) is 6.54 Å². The van der Waals surface area contributed by atoms with E-state index in [1.54, 1.807) is 40.4 Å². The second-order valence-corrected chi connectivity index (χ2v) is 5.02. The third kappa shape index (κ3) is 3.94. The summed E-state index contributed by atoms with van der Waals surface area (Å²) in [6.45, 7) is 2.15. The van der Waals surface area contributed by atoms with Gasteiger partial charge in [-0.25, -0.2) is 0 Å². The molecule has 0 aliphatic heterocycles. The minimum Gasteiger partial charge on any atom is -0.493 e. The summed E-state index contributed by atoms with van der Waals surface area (Å²) in [4.78, 5) is 11.3. The molecule has 5 heteroatoms. The van der Waals surface area contributed by atoms with Crippen LogP contribution < -0.4 is 19.5 Å². The predicted molar refractivity (Wildman–Crippen MR) is 89.9 cm³/mol. The van der Waals surface area contributed by atoms with Gasteiger partial charge in [-0.1, -0.05) is 0 Å². The van der Waals surface area contributed by atoms with Crippen LogP contribution in [0.15, 0.2) is 36.4 Å². The van der Waals surface area contributed by atoms with Crippen LogP contribution >= 0.6 is 0 Å². The van der Waals surface area contributed by atoms with Crippen LogP contribution in [0.4, 0.5) is 5.69 Å². The van der Waals surface area contributed by atoms with E-state index in [0.29, 0.717) is 29.4 Å². The van der Waals surface area contributed by atoms with Crippen LogP contribution in [-0.4, -0.2) is 27.1 Å². The Morgan fingerprint density at radius 1 is 0.957 bits per heavy atom. The van der Waals surface area contributed by atoms with E-state index in [2.05, 4.69) is 5.32 Å². The van der Waals surface area contributed by atoms with Crippen molar-refractivity contribution >= 4 is 11.5 Å². The van der Waals surface area contributed by atoms with Crippen molar-refractivity contribution in [3.05, 3.63) is 47.5 Å². The Kier molecular flexibility index (Phi) is 5.46. The van der Waals surface area contributed by atoms with Crippen LogP contribution in [0, 0.1) is 0 Å². The van der Waals surface area contributed by atoms with Crippen molar-refractivity contribution in [1.82, 2.24) is 0 Å². The largest absolute Gasteiger partial charge is 0.493 e. The quantitative estimate of drug-likeness (QED) is 0.792. The number of ketones is 1. The molecule has 0 saturated carbocycles. The van der Waals surface area contributed by atoms with Crippen LogP contribution in [0.25, 0.3) is 0 Å². The van der Waals surface area contributed by atoms with Crippen molar-refractivity contribution in [1.29, 1.82) is 0 Å². The first-order valence-corrected chi connectivity index (χ1v) is 7.22. The number of carbonyl (C=O) groups is 1. The Morgan fingerprint density at radius 2 is 1.52 bits per heavy atom. The summed E-state index contributed by atoms with van der Waals surface area (Å²) in [5, 5.41) is 3.30. The normalized spacial score (nSPS) is 10.1. The summed E-state index contributed by atoms with van der Waals surface area (Å²) >= 11 is 0. The maximum absolute atomic E-state index is 11.3. The maximum Gasteiger partial charge on any atom is 0.203 e. The van der Waals surface area contributed by atoms with Gasteiger partial charge in [0, 0.05) is 17.8 Å². The van der Waals surface area contributed by atoms with Crippen LogP contribution in [0.1, 0.15) is 22.8 Å². The van der Waals surface area contributed by atoms with E-state index in [9.17, 15) is 4.79 Å². The van der Waals surface area contributed by atoms with Gasteiger partial charge in [-0.15, -0.1) is 0 Å². The summed E-state index contributed by atoms with van der Waals surface area (Å²) in [6.07, 6.45) is 0. The molecule has 0 aliphatic carbocycles. The summed E-state index contributed by atoms with van der Waals surface area (Å²) in [6, 6.07) is 11.2. The Labute approximate surface area is 136 Å². The smallest absolute Gasteiger partial charge is 0.203 e. The molecule has 0 unspecified atom stereocenters. The number of methoxy groups -OCH3 is 3. The zero-order chi connectivity index (χ0) is 16.8. The number of rotatable bonds is 7. The number of anilines is 1. The lowest BCUT2D eigenvalue weighted by Gasteiger charge is -2.15. The van der Waals surface area contributed by atoms with Crippen molar-refractivity contribution in [2.75, 3.05) is 26.6 Å². The number of hydrogen-bond donors (Lipinski definition) is 1. The zero-order valence-electron chi connectivity index (χ0n) is 13.8. The second kappa shape index (κ2) is 7.54. The zero-order valence-corrected chi connectivity index (χ0v) is 13.8. The molecule has 1 N–H and O–H groups in total. The summed E-state index contributed by atoms with van der Waals surface area (Å²) in [7, 11) is 4.76. The van der Waals surface area contributed by atoms with E-state index in [1.165, 1.54) is 0 Å². The van der Waals surface area contributed by atoms with Gasteiger partial charge in [0.2, 0.25) is 5.75 Å². The summed E-state index contributed by atoms with van der Waals surface area (Å²) in [5.41, 5.74) is 2.63. The lowest BCUT2D eigenvalue weighted by molar-refractivity contribution is 0.101. The summed E-state index contributed by atoms with van der Waals surface area (Å²) < 4.78 is 16.0. The highest BCUT2D eigenvalue weighted by molar-refractivity contribution is 5.94. The first-order valence-electron chi connectivity index (χ1n) is 7.22. The van der Waals surface area contributed by atoms with E-state index in [0.717, 1.165) is 11.3 Å². The fourth-order valence-electron chi connectivity index (χ4n) is 2.26. The SMILES string of the molecule is COc1cc(CNc2ccc(C(C)=O)cc2)cc(OC)c1OC. The van der Waals surface area contributed by atoms with E-state index >= 15 is 0 Å². The molecule has 23 heavy (non-hydrogen) atoms. The molecule has 122 valence electrons. The van der Waals surface area contributed by atoms with Gasteiger partial charge in [0.15, 0.2) is 17.3 Å². The molecule has 0 atom stereocenters. The summed E-state index contributed by atoms with van der Waals surface area (Å²) in [5.74, 6) is 1.87. The van der Waals surface area contributed by atoms with Gasteiger partial charge in [-0.05, 0) is 48.9 Å². The fourth-order valence-corrected chi connectivity index (χ4v) is 2.26. The predicted octanol–water partition coefficient (Wildman–Crippen LogP) is 3.53. The Morgan fingerprint density at radius 3 is 1.96 bits per heavy atom. The fraction of sp³-hybridized carbons (Fsp3) is 0.278. The minimum atomic E-state index is 0.0566. The molecule has 2 rings (SSSR count). The van der Waals surface area contributed by atoms with Crippen LogP contribution in [0.5, 0.6) is 17.2 Å². The first-order chi connectivity index (χ1) is 11.1. The lowest BCUT2D eigenvalue weighted by Crippen LogP contribution is -2.02. The maximum atomic E-state index is 11.3. The molecule has 0 spiro atoms. The molecule has 0 bridgehead atoms. The lowest BCUT2D eigenvalue weighted by atomic mass is 10.1. The molecule has 0 fully saturated rings. The number of carbonyl (C=O) groups excluding carboxylic acids is 1. The molecular weight excluding hydrogens is 294 g/mol. The molecule has 2 aromatic carbocycles. The van der Waals surface area contributed by atoms with E-state index < -0.39 is 0 Å². The highest BCUT2D eigenvalue weighted by Crippen LogP contribution is 2.38. The van der Waals surface area contributed by atoms with E-state index in [1.807, 2.05) is 24.3 Å². The van der Waals surface area contributed by atoms with Crippen molar-refractivity contribution in [2.24, 2.45) is 0 Å². The monoisotopic (exact) mass is 315 g/mol. The highest BCUT2D eigenvalue weighted by Gasteiger charge is 2.13. The minimum absolute atomic E-state index is 0.0566. The number of benzene rings is 2.